The standard InChI is InChI=1S/C18H22F3NO4/c1-12(13-4-2-3-5-14(13)18(19,20)21)10-15(23)22-17(11-16(24)25)6-8-26-9-7-17/h2-5,12H,6-11H2,1H3,(H,22,23)(H,24,25). The van der Waals surface area contributed by atoms with Crippen molar-refractivity contribution in [1.29, 1.82) is 0 Å². The van der Waals surface area contributed by atoms with Crippen molar-refractivity contribution >= 4 is 11.9 Å². The molecule has 144 valence electrons. The van der Waals surface area contributed by atoms with E-state index < -0.39 is 35.1 Å². The Morgan fingerprint density at radius 2 is 1.88 bits per heavy atom. The van der Waals surface area contributed by atoms with Gasteiger partial charge < -0.3 is 15.2 Å². The van der Waals surface area contributed by atoms with Crippen LogP contribution in [0.4, 0.5) is 13.2 Å². The molecule has 2 rings (SSSR count). The number of nitrogens with one attached hydrogen (secondary N) is 1. The maximum absolute atomic E-state index is 13.1. The maximum atomic E-state index is 13.1. The number of hydrogen-bond acceptors (Lipinski definition) is 3. The molecule has 1 amide bonds. The van der Waals surface area contributed by atoms with Crippen LogP contribution in [-0.2, 0) is 20.5 Å². The predicted octanol–water partition coefficient (Wildman–Crippen LogP) is 3.34. The third-order valence-electron chi connectivity index (χ3n) is 4.63. The Morgan fingerprint density at radius 1 is 1.27 bits per heavy atom. The predicted molar refractivity (Wildman–Crippen MR) is 87.7 cm³/mol. The Labute approximate surface area is 149 Å². The van der Waals surface area contributed by atoms with Crippen molar-refractivity contribution < 1.29 is 32.6 Å². The number of rotatable bonds is 6. The lowest BCUT2D eigenvalue weighted by molar-refractivity contribution is -0.141. The Kier molecular flexibility index (Phi) is 6.28. The zero-order valence-electron chi connectivity index (χ0n) is 14.4. The molecular formula is C18H22F3NO4. The largest absolute Gasteiger partial charge is 0.481 e. The summed E-state index contributed by atoms with van der Waals surface area (Å²) in [6, 6.07) is 5.17. The summed E-state index contributed by atoms with van der Waals surface area (Å²) < 4.78 is 44.7. The first-order valence-corrected chi connectivity index (χ1v) is 8.40. The van der Waals surface area contributed by atoms with Crippen LogP contribution < -0.4 is 5.32 Å². The molecule has 5 nitrogen and oxygen atoms in total. The van der Waals surface area contributed by atoms with Gasteiger partial charge in [0.2, 0.25) is 5.91 Å². The van der Waals surface area contributed by atoms with Crippen molar-refractivity contribution in [1.82, 2.24) is 5.32 Å². The molecule has 1 aromatic rings. The van der Waals surface area contributed by atoms with E-state index in [1.54, 1.807) is 6.92 Å². The molecule has 0 saturated carbocycles. The number of ether oxygens (including phenoxy) is 1. The van der Waals surface area contributed by atoms with E-state index in [2.05, 4.69) is 5.32 Å². The third kappa shape index (κ3) is 5.20. The van der Waals surface area contributed by atoms with E-state index in [1.165, 1.54) is 18.2 Å². The number of aliphatic carboxylic acids is 1. The van der Waals surface area contributed by atoms with E-state index in [4.69, 9.17) is 9.84 Å². The Bertz CT molecular complexity index is 654. The van der Waals surface area contributed by atoms with Crippen LogP contribution in [0.2, 0.25) is 0 Å². The normalized spacial score (nSPS) is 18.2. The average molecular weight is 373 g/mol. The molecule has 1 aliphatic heterocycles. The number of carbonyl (C=O) groups is 2. The van der Waals surface area contributed by atoms with Gasteiger partial charge in [0, 0.05) is 19.6 Å². The second-order valence-corrected chi connectivity index (χ2v) is 6.70. The number of halogens is 3. The van der Waals surface area contributed by atoms with E-state index in [9.17, 15) is 22.8 Å². The number of carboxylic acids is 1. The number of carboxylic acid groups (broad SMARTS) is 1. The fourth-order valence-corrected chi connectivity index (χ4v) is 3.32. The molecule has 2 N–H and O–H groups in total. The molecule has 1 atom stereocenters. The minimum Gasteiger partial charge on any atom is -0.481 e. The Balaban J connectivity index is 2.10. The van der Waals surface area contributed by atoms with Crippen LogP contribution in [0, 0.1) is 0 Å². The zero-order valence-corrected chi connectivity index (χ0v) is 14.4. The Hall–Kier alpha value is -2.09. The first kappa shape index (κ1) is 20.2. The van der Waals surface area contributed by atoms with Gasteiger partial charge in [-0.1, -0.05) is 25.1 Å². The Morgan fingerprint density at radius 3 is 2.46 bits per heavy atom. The van der Waals surface area contributed by atoms with Gasteiger partial charge in [0.1, 0.15) is 0 Å². The van der Waals surface area contributed by atoms with Crippen LogP contribution in [0.15, 0.2) is 24.3 Å². The first-order valence-electron chi connectivity index (χ1n) is 8.40. The summed E-state index contributed by atoms with van der Waals surface area (Å²) in [7, 11) is 0. The number of amides is 1. The first-order chi connectivity index (χ1) is 12.1. The number of hydrogen-bond donors (Lipinski definition) is 2. The third-order valence-corrected chi connectivity index (χ3v) is 4.63. The lowest BCUT2D eigenvalue weighted by atomic mass is 9.85. The minimum absolute atomic E-state index is 0.0504. The molecule has 0 radical (unpaired) electrons. The average Bonchev–Trinajstić information content (AvgIpc) is 2.53. The smallest absolute Gasteiger partial charge is 0.416 e. The zero-order chi connectivity index (χ0) is 19.4. The van der Waals surface area contributed by atoms with Gasteiger partial charge in [0.25, 0.3) is 0 Å². The number of benzene rings is 1. The summed E-state index contributed by atoms with van der Waals surface area (Å²) in [6.07, 6.45) is -4.17. The summed E-state index contributed by atoms with van der Waals surface area (Å²) in [4.78, 5) is 23.6. The van der Waals surface area contributed by atoms with E-state index in [1.807, 2.05) is 0 Å². The van der Waals surface area contributed by atoms with Gasteiger partial charge in [-0.05, 0) is 30.4 Å². The fraction of sp³-hybridized carbons (Fsp3) is 0.556. The molecule has 0 aliphatic carbocycles. The molecule has 26 heavy (non-hydrogen) atoms. The van der Waals surface area contributed by atoms with Gasteiger partial charge in [0.15, 0.2) is 0 Å². The molecular weight excluding hydrogens is 351 g/mol. The molecule has 1 aliphatic rings. The van der Waals surface area contributed by atoms with E-state index in [0.717, 1.165) is 6.07 Å². The van der Waals surface area contributed by atoms with E-state index >= 15 is 0 Å². The molecule has 8 heteroatoms. The number of alkyl halides is 3. The van der Waals surface area contributed by atoms with E-state index in [0.29, 0.717) is 26.1 Å². The second kappa shape index (κ2) is 8.07. The van der Waals surface area contributed by atoms with Crippen LogP contribution in [0.3, 0.4) is 0 Å². The van der Waals surface area contributed by atoms with Gasteiger partial charge >= 0.3 is 12.1 Å². The summed E-state index contributed by atoms with van der Waals surface area (Å²) in [5, 5.41) is 11.9. The summed E-state index contributed by atoms with van der Waals surface area (Å²) in [5.74, 6) is -2.16. The van der Waals surface area contributed by atoms with Crippen molar-refractivity contribution in [3.05, 3.63) is 35.4 Å². The van der Waals surface area contributed by atoms with Crippen LogP contribution in [0.25, 0.3) is 0 Å². The molecule has 1 saturated heterocycles. The van der Waals surface area contributed by atoms with Gasteiger partial charge in [-0.25, -0.2) is 0 Å². The fourth-order valence-electron chi connectivity index (χ4n) is 3.32. The van der Waals surface area contributed by atoms with Gasteiger partial charge in [0.05, 0.1) is 17.5 Å². The van der Waals surface area contributed by atoms with Crippen LogP contribution >= 0.6 is 0 Å². The molecule has 1 aromatic carbocycles. The SMILES string of the molecule is CC(CC(=O)NC1(CC(=O)O)CCOCC1)c1ccccc1C(F)(F)F. The maximum Gasteiger partial charge on any atom is 0.416 e. The van der Waals surface area contributed by atoms with Gasteiger partial charge in [-0.15, -0.1) is 0 Å². The monoisotopic (exact) mass is 373 g/mol. The quantitative estimate of drug-likeness (QED) is 0.802. The van der Waals surface area contributed by atoms with Crippen molar-refractivity contribution in [2.24, 2.45) is 0 Å². The van der Waals surface area contributed by atoms with Crippen molar-refractivity contribution in [3.8, 4) is 0 Å². The molecule has 0 aromatic heterocycles. The highest BCUT2D eigenvalue weighted by Gasteiger charge is 2.38. The summed E-state index contributed by atoms with van der Waals surface area (Å²) in [5.41, 5.74) is -1.62. The van der Waals surface area contributed by atoms with Crippen LogP contribution in [0.5, 0.6) is 0 Å². The van der Waals surface area contributed by atoms with Crippen molar-refractivity contribution in [2.75, 3.05) is 13.2 Å². The minimum atomic E-state index is -4.49. The summed E-state index contributed by atoms with van der Waals surface area (Å²) >= 11 is 0. The highest BCUT2D eigenvalue weighted by Crippen LogP contribution is 2.36. The molecule has 1 fully saturated rings. The topological polar surface area (TPSA) is 75.6 Å². The molecule has 1 unspecified atom stereocenters. The highest BCUT2D eigenvalue weighted by atomic mass is 19.4. The van der Waals surface area contributed by atoms with Crippen LogP contribution in [0.1, 0.15) is 49.7 Å². The van der Waals surface area contributed by atoms with Crippen LogP contribution in [-0.4, -0.2) is 35.7 Å². The molecule has 1 heterocycles. The second-order valence-electron chi connectivity index (χ2n) is 6.70. The van der Waals surface area contributed by atoms with Gasteiger partial charge in [-0.3, -0.25) is 9.59 Å². The lowest BCUT2D eigenvalue weighted by Gasteiger charge is -2.37. The number of carbonyl (C=O) groups excluding carboxylic acids is 1. The van der Waals surface area contributed by atoms with Crippen molar-refractivity contribution in [3.63, 3.8) is 0 Å². The van der Waals surface area contributed by atoms with Gasteiger partial charge in [-0.2, -0.15) is 13.2 Å². The summed E-state index contributed by atoms with van der Waals surface area (Å²) in [6.45, 7) is 2.22. The van der Waals surface area contributed by atoms with E-state index in [-0.39, 0.29) is 18.4 Å². The molecule has 0 bridgehead atoms. The van der Waals surface area contributed by atoms with Crippen molar-refractivity contribution in [2.45, 2.75) is 50.2 Å². The molecule has 0 spiro atoms. The lowest BCUT2D eigenvalue weighted by Crippen LogP contribution is -2.53. The highest BCUT2D eigenvalue weighted by molar-refractivity contribution is 5.79.